The molecule has 3 heterocycles. The first-order valence-electron chi connectivity index (χ1n) is 9.97. The highest BCUT2D eigenvalue weighted by Gasteiger charge is 2.62. The van der Waals surface area contributed by atoms with Crippen LogP contribution in [0.25, 0.3) is 0 Å². The summed E-state index contributed by atoms with van der Waals surface area (Å²) in [6, 6.07) is 0.0340. The summed E-state index contributed by atoms with van der Waals surface area (Å²) in [4.78, 5) is 39.1. The molecule has 1 aliphatic carbocycles. The number of carbonyl (C=O) groups excluding carboxylic acids is 3. The van der Waals surface area contributed by atoms with Gasteiger partial charge in [0.1, 0.15) is 0 Å². The number of hydrogen-bond donors (Lipinski definition) is 1. The second kappa shape index (κ2) is 5.77. The molecule has 3 fully saturated rings. The molecule has 1 N–H and O–H groups in total. The van der Waals surface area contributed by atoms with Crippen molar-refractivity contribution in [2.24, 2.45) is 23.7 Å². The number of allylic oxidation sites excluding steroid dienone is 1. The fourth-order valence-electron chi connectivity index (χ4n) is 5.09. The maximum absolute atomic E-state index is 12.9. The molecule has 0 radical (unpaired) electrons. The van der Waals surface area contributed by atoms with Gasteiger partial charge in [0.15, 0.2) is 8.32 Å². The monoisotopic (exact) mass is 390 g/mol. The number of fused-ring (bicyclic) bond motifs is 5. The molecule has 0 saturated carbocycles. The lowest BCUT2D eigenvalue weighted by Gasteiger charge is -2.48. The summed E-state index contributed by atoms with van der Waals surface area (Å²) in [6.45, 7) is 13.6. The van der Waals surface area contributed by atoms with Crippen LogP contribution in [0.2, 0.25) is 18.1 Å². The molecule has 0 spiro atoms. The minimum Gasteiger partial charge on any atom is -0.413 e. The normalized spacial score (nSPS) is 36.5. The Morgan fingerprint density at radius 2 is 1.85 bits per heavy atom. The summed E-state index contributed by atoms with van der Waals surface area (Å²) < 4.78 is 6.52. The second-order valence-electron chi connectivity index (χ2n) is 10.1. The van der Waals surface area contributed by atoms with Crippen molar-refractivity contribution in [2.45, 2.75) is 64.4 Å². The van der Waals surface area contributed by atoms with Gasteiger partial charge in [-0.3, -0.25) is 19.7 Å². The van der Waals surface area contributed by atoms with Gasteiger partial charge in [-0.15, -0.1) is 0 Å². The van der Waals surface area contributed by atoms with Gasteiger partial charge in [0, 0.05) is 12.5 Å². The standard InChI is InChI=1S/C20H30N2O4Si/c1-10(26-27(5,6)20(2,3)4)14-16-11-7-8-12-15(18(24)21-17(12)23)13(11)9-22(16)19(14)25/h7,10,12-16H,8-9H2,1-6H3,(H,21,23,24)/t10-,12+,13+,14-,15+,16-/m1/s1. The molecule has 4 rings (SSSR count). The van der Waals surface area contributed by atoms with Crippen LogP contribution in [0.4, 0.5) is 0 Å². The highest BCUT2D eigenvalue weighted by molar-refractivity contribution is 6.74. The minimum absolute atomic E-state index is 0.0192. The molecule has 0 bridgehead atoms. The van der Waals surface area contributed by atoms with Crippen molar-refractivity contribution >= 4 is 26.0 Å². The van der Waals surface area contributed by atoms with E-state index < -0.39 is 8.32 Å². The number of hydrogen-bond acceptors (Lipinski definition) is 4. The molecule has 0 aromatic rings. The van der Waals surface area contributed by atoms with Gasteiger partial charge in [0.2, 0.25) is 17.7 Å². The zero-order valence-corrected chi connectivity index (χ0v) is 18.0. The number of rotatable bonds is 3. The van der Waals surface area contributed by atoms with Crippen LogP contribution < -0.4 is 5.32 Å². The van der Waals surface area contributed by atoms with Gasteiger partial charge in [0.25, 0.3) is 0 Å². The van der Waals surface area contributed by atoms with Crippen LogP contribution in [0.3, 0.4) is 0 Å². The summed E-state index contributed by atoms with van der Waals surface area (Å²) in [6.07, 6.45) is 2.57. The molecular weight excluding hydrogens is 360 g/mol. The number of carbonyl (C=O) groups is 3. The number of imide groups is 1. The molecule has 3 aliphatic heterocycles. The molecule has 27 heavy (non-hydrogen) atoms. The van der Waals surface area contributed by atoms with E-state index in [1.807, 2.05) is 11.8 Å². The molecular formula is C20H30N2O4Si. The SMILES string of the molecule is C[C@@H](O[Si](C)(C)C(C)(C)C)[C@H]1C(=O)N2C[C@H]3C(=CC[C@@H]4C(=O)NC(=O)[C@@H]43)[C@H]12. The first-order valence-corrected chi connectivity index (χ1v) is 12.9. The Morgan fingerprint density at radius 3 is 2.48 bits per heavy atom. The first-order chi connectivity index (χ1) is 12.4. The quantitative estimate of drug-likeness (QED) is 0.346. The third-order valence-electron chi connectivity index (χ3n) is 7.56. The van der Waals surface area contributed by atoms with E-state index in [-0.39, 0.29) is 58.6 Å². The maximum Gasteiger partial charge on any atom is 0.231 e. The molecule has 3 saturated heterocycles. The molecule has 6 atom stereocenters. The largest absolute Gasteiger partial charge is 0.413 e. The fraction of sp³-hybridized carbons (Fsp3) is 0.750. The van der Waals surface area contributed by atoms with Crippen LogP contribution in [0.5, 0.6) is 0 Å². The summed E-state index contributed by atoms with van der Waals surface area (Å²) in [5.41, 5.74) is 1.18. The smallest absolute Gasteiger partial charge is 0.231 e. The lowest BCUT2D eigenvalue weighted by molar-refractivity contribution is -0.157. The zero-order valence-electron chi connectivity index (χ0n) is 17.0. The van der Waals surface area contributed by atoms with Crippen molar-refractivity contribution in [3.05, 3.63) is 11.6 Å². The predicted molar refractivity (Wildman–Crippen MR) is 103 cm³/mol. The Kier molecular flexibility index (Phi) is 4.03. The highest BCUT2D eigenvalue weighted by Crippen LogP contribution is 2.52. The van der Waals surface area contributed by atoms with E-state index in [9.17, 15) is 14.4 Å². The first kappa shape index (κ1) is 18.9. The third-order valence-corrected chi connectivity index (χ3v) is 12.1. The predicted octanol–water partition coefficient (Wildman–Crippen LogP) is 2.07. The Hall–Kier alpha value is -1.47. The van der Waals surface area contributed by atoms with E-state index in [1.165, 1.54) is 5.57 Å². The van der Waals surface area contributed by atoms with E-state index in [0.29, 0.717) is 13.0 Å². The molecule has 0 aromatic heterocycles. The van der Waals surface area contributed by atoms with Crippen LogP contribution in [0, 0.1) is 23.7 Å². The van der Waals surface area contributed by atoms with Gasteiger partial charge in [-0.2, -0.15) is 0 Å². The van der Waals surface area contributed by atoms with E-state index >= 15 is 0 Å². The third kappa shape index (κ3) is 2.57. The summed E-state index contributed by atoms with van der Waals surface area (Å²) in [5.74, 6) is -0.971. The van der Waals surface area contributed by atoms with E-state index in [2.05, 4.69) is 45.3 Å². The maximum atomic E-state index is 12.9. The molecule has 0 unspecified atom stereocenters. The molecule has 148 valence electrons. The van der Waals surface area contributed by atoms with Crippen molar-refractivity contribution < 1.29 is 18.8 Å². The van der Waals surface area contributed by atoms with Gasteiger partial charge >= 0.3 is 0 Å². The van der Waals surface area contributed by atoms with Crippen molar-refractivity contribution in [3.63, 3.8) is 0 Å². The van der Waals surface area contributed by atoms with Crippen molar-refractivity contribution in [1.82, 2.24) is 10.2 Å². The lowest BCUT2D eigenvalue weighted by atomic mass is 9.70. The zero-order chi connectivity index (χ0) is 19.9. The van der Waals surface area contributed by atoms with Crippen molar-refractivity contribution in [1.29, 1.82) is 0 Å². The van der Waals surface area contributed by atoms with E-state index in [4.69, 9.17) is 4.43 Å². The van der Waals surface area contributed by atoms with Crippen LogP contribution >= 0.6 is 0 Å². The van der Waals surface area contributed by atoms with Crippen LogP contribution in [0.15, 0.2) is 11.6 Å². The Bertz CT molecular complexity index is 754. The topological polar surface area (TPSA) is 75.7 Å². The van der Waals surface area contributed by atoms with E-state index in [1.54, 1.807) is 0 Å². The highest BCUT2D eigenvalue weighted by atomic mass is 28.4. The van der Waals surface area contributed by atoms with Gasteiger partial charge in [-0.25, -0.2) is 0 Å². The van der Waals surface area contributed by atoms with Gasteiger partial charge in [-0.05, 0) is 37.0 Å². The summed E-state index contributed by atoms with van der Waals surface area (Å²) in [5, 5.41) is 2.57. The molecule has 4 aliphatic rings. The van der Waals surface area contributed by atoms with Crippen molar-refractivity contribution in [3.8, 4) is 0 Å². The van der Waals surface area contributed by atoms with Gasteiger partial charge in [-0.1, -0.05) is 26.8 Å². The molecule has 3 amide bonds. The number of nitrogens with one attached hydrogen (secondary N) is 1. The number of β-lactam (4-membered cyclic amide) rings is 1. The molecule has 6 nitrogen and oxygen atoms in total. The Balaban J connectivity index is 1.56. The minimum atomic E-state index is -1.97. The number of amides is 3. The fourth-order valence-corrected chi connectivity index (χ4v) is 6.52. The van der Waals surface area contributed by atoms with E-state index in [0.717, 1.165) is 0 Å². The summed E-state index contributed by atoms with van der Waals surface area (Å²) >= 11 is 0. The van der Waals surface area contributed by atoms with Gasteiger partial charge in [0.05, 0.1) is 29.9 Å². The van der Waals surface area contributed by atoms with Crippen LogP contribution in [-0.4, -0.2) is 49.6 Å². The number of nitrogens with zero attached hydrogens (tertiary/aromatic N) is 1. The average molecular weight is 391 g/mol. The lowest BCUT2D eigenvalue weighted by Crippen LogP contribution is -2.63. The second-order valence-corrected chi connectivity index (χ2v) is 14.8. The Morgan fingerprint density at radius 1 is 1.19 bits per heavy atom. The summed E-state index contributed by atoms with van der Waals surface area (Å²) in [7, 11) is -1.97. The van der Waals surface area contributed by atoms with Crippen LogP contribution in [-0.2, 0) is 18.8 Å². The van der Waals surface area contributed by atoms with Gasteiger partial charge < -0.3 is 9.33 Å². The molecule has 0 aromatic carbocycles. The average Bonchev–Trinajstić information content (AvgIpc) is 3.01. The Labute approximate surface area is 161 Å². The van der Waals surface area contributed by atoms with Crippen molar-refractivity contribution in [2.75, 3.05) is 6.54 Å². The molecule has 7 heteroatoms. The van der Waals surface area contributed by atoms with Crippen LogP contribution in [0.1, 0.15) is 34.1 Å².